The van der Waals surface area contributed by atoms with Crippen molar-refractivity contribution in [2.75, 3.05) is 5.32 Å². The summed E-state index contributed by atoms with van der Waals surface area (Å²) < 4.78 is 0.896. The van der Waals surface area contributed by atoms with Crippen LogP contribution < -0.4 is 11.1 Å². The van der Waals surface area contributed by atoms with Gasteiger partial charge in [-0.15, -0.1) is 0 Å². The second kappa shape index (κ2) is 5.69. The molecule has 18 heavy (non-hydrogen) atoms. The number of hydrogen-bond acceptors (Lipinski definition) is 2. The minimum atomic E-state index is -0.537. The van der Waals surface area contributed by atoms with E-state index in [9.17, 15) is 4.79 Å². The first-order chi connectivity index (χ1) is 8.68. The Morgan fingerprint density at radius 2 is 1.67 bits per heavy atom. The molecule has 2 rings (SSSR count). The van der Waals surface area contributed by atoms with Crippen molar-refractivity contribution in [3.63, 3.8) is 0 Å². The molecular formula is C14H13BrN2O. The molecular weight excluding hydrogens is 292 g/mol. The van der Waals surface area contributed by atoms with Crippen LogP contribution in [-0.4, -0.2) is 5.91 Å². The van der Waals surface area contributed by atoms with Gasteiger partial charge in [0.05, 0.1) is 0 Å². The standard InChI is InChI=1S/C14H13BrN2O/c15-11-8-4-5-9-12(11)17-13(14(16)18)10-6-2-1-3-7-10/h1-9,13,17H,(H2,16,18). The number of halogens is 1. The lowest BCUT2D eigenvalue weighted by Crippen LogP contribution is -2.27. The fourth-order valence-corrected chi connectivity index (χ4v) is 2.10. The Morgan fingerprint density at radius 3 is 2.28 bits per heavy atom. The third-order valence-corrected chi connectivity index (χ3v) is 3.28. The van der Waals surface area contributed by atoms with Gasteiger partial charge in [0.15, 0.2) is 0 Å². The zero-order valence-electron chi connectivity index (χ0n) is 9.64. The van der Waals surface area contributed by atoms with Crippen molar-refractivity contribution in [3.05, 3.63) is 64.6 Å². The first-order valence-corrected chi connectivity index (χ1v) is 6.33. The van der Waals surface area contributed by atoms with Crippen LogP contribution in [0.25, 0.3) is 0 Å². The van der Waals surface area contributed by atoms with Crippen LogP contribution in [0.15, 0.2) is 59.1 Å². The molecule has 1 atom stereocenters. The highest BCUT2D eigenvalue weighted by Crippen LogP contribution is 2.26. The molecule has 0 saturated heterocycles. The van der Waals surface area contributed by atoms with Crippen molar-refractivity contribution < 1.29 is 4.79 Å². The predicted octanol–water partition coefficient (Wildman–Crippen LogP) is 3.09. The molecule has 2 aromatic rings. The summed E-state index contributed by atoms with van der Waals surface area (Å²) in [6, 6.07) is 16.5. The molecule has 0 aromatic heterocycles. The second-order valence-electron chi connectivity index (χ2n) is 3.87. The summed E-state index contributed by atoms with van der Waals surface area (Å²) in [5.41, 5.74) is 7.14. The Labute approximate surface area is 114 Å². The van der Waals surface area contributed by atoms with E-state index in [4.69, 9.17) is 5.73 Å². The number of nitrogens with two attached hydrogens (primary N) is 1. The van der Waals surface area contributed by atoms with E-state index in [1.54, 1.807) is 0 Å². The van der Waals surface area contributed by atoms with Crippen LogP contribution in [0, 0.1) is 0 Å². The summed E-state index contributed by atoms with van der Waals surface area (Å²) in [4.78, 5) is 11.6. The number of nitrogens with one attached hydrogen (secondary N) is 1. The van der Waals surface area contributed by atoms with E-state index in [1.165, 1.54) is 0 Å². The van der Waals surface area contributed by atoms with Gasteiger partial charge in [0, 0.05) is 10.2 Å². The Balaban J connectivity index is 2.28. The van der Waals surface area contributed by atoms with E-state index < -0.39 is 11.9 Å². The normalized spacial score (nSPS) is 11.8. The highest BCUT2D eigenvalue weighted by Gasteiger charge is 2.17. The number of hydrogen-bond donors (Lipinski definition) is 2. The van der Waals surface area contributed by atoms with Crippen molar-refractivity contribution in [1.29, 1.82) is 0 Å². The van der Waals surface area contributed by atoms with E-state index >= 15 is 0 Å². The van der Waals surface area contributed by atoms with Gasteiger partial charge < -0.3 is 11.1 Å². The SMILES string of the molecule is NC(=O)C(Nc1ccccc1Br)c1ccccc1. The molecule has 0 saturated carbocycles. The van der Waals surface area contributed by atoms with Gasteiger partial charge in [-0.05, 0) is 33.6 Å². The molecule has 0 aliphatic rings. The van der Waals surface area contributed by atoms with Crippen LogP contribution in [0.3, 0.4) is 0 Å². The van der Waals surface area contributed by atoms with Crippen molar-refractivity contribution in [1.82, 2.24) is 0 Å². The van der Waals surface area contributed by atoms with Crippen molar-refractivity contribution in [3.8, 4) is 0 Å². The van der Waals surface area contributed by atoms with E-state index in [-0.39, 0.29) is 0 Å². The Morgan fingerprint density at radius 1 is 1.06 bits per heavy atom. The van der Waals surface area contributed by atoms with E-state index in [0.29, 0.717) is 0 Å². The van der Waals surface area contributed by atoms with Gasteiger partial charge in [0.2, 0.25) is 5.91 Å². The molecule has 0 heterocycles. The average molecular weight is 305 g/mol. The first-order valence-electron chi connectivity index (χ1n) is 5.54. The molecule has 0 fully saturated rings. The maximum atomic E-state index is 11.6. The number of anilines is 1. The lowest BCUT2D eigenvalue weighted by atomic mass is 10.1. The fraction of sp³-hybridized carbons (Fsp3) is 0.0714. The number of rotatable bonds is 4. The van der Waals surface area contributed by atoms with Crippen molar-refractivity contribution >= 4 is 27.5 Å². The minimum Gasteiger partial charge on any atom is -0.369 e. The van der Waals surface area contributed by atoms with Crippen LogP contribution in [0.5, 0.6) is 0 Å². The third kappa shape index (κ3) is 2.90. The molecule has 0 bridgehead atoms. The zero-order chi connectivity index (χ0) is 13.0. The summed E-state index contributed by atoms with van der Waals surface area (Å²) in [7, 11) is 0. The van der Waals surface area contributed by atoms with Crippen LogP contribution in [0.1, 0.15) is 11.6 Å². The van der Waals surface area contributed by atoms with Crippen LogP contribution >= 0.6 is 15.9 Å². The topological polar surface area (TPSA) is 55.1 Å². The van der Waals surface area contributed by atoms with E-state index in [0.717, 1.165) is 15.7 Å². The average Bonchev–Trinajstić information content (AvgIpc) is 2.38. The number of para-hydroxylation sites is 1. The predicted molar refractivity (Wildman–Crippen MR) is 76.1 cm³/mol. The molecule has 2 aromatic carbocycles. The molecule has 0 spiro atoms. The Kier molecular flexibility index (Phi) is 3.99. The molecule has 4 heteroatoms. The summed E-state index contributed by atoms with van der Waals surface area (Å²) in [5, 5.41) is 3.14. The Hall–Kier alpha value is -1.81. The summed E-state index contributed by atoms with van der Waals surface area (Å²) >= 11 is 3.43. The summed E-state index contributed by atoms with van der Waals surface area (Å²) in [6.07, 6.45) is 0. The third-order valence-electron chi connectivity index (χ3n) is 2.59. The maximum Gasteiger partial charge on any atom is 0.244 e. The molecule has 1 unspecified atom stereocenters. The summed E-state index contributed by atoms with van der Waals surface area (Å²) in [6.45, 7) is 0. The zero-order valence-corrected chi connectivity index (χ0v) is 11.2. The molecule has 3 nitrogen and oxygen atoms in total. The molecule has 3 N–H and O–H groups in total. The molecule has 0 aliphatic heterocycles. The van der Waals surface area contributed by atoms with Gasteiger partial charge in [0.1, 0.15) is 6.04 Å². The molecule has 0 aliphatic carbocycles. The molecule has 0 radical (unpaired) electrons. The molecule has 92 valence electrons. The number of carbonyl (C=O) groups is 1. The van der Waals surface area contributed by atoms with Gasteiger partial charge in [-0.2, -0.15) is 0 Å². The number of amides is 1. The van der Waals surface area contributed by atoms with Crippen LogP contribution in [0.4, 0.5) is 5.69 Å². The van der Waals surface area contributed by atoms with E-state index in [1.807, 2.05) is 54.6 Å². The molecule has 1 amide bonds. The van der Waals surface area contributed by atoms with Gasteiger partial charge in [-0.1, -0.05) is 42.5 Å². The quantitative estimate of drug-likeness (QED) is 0.912. The van der Waals surface area contributed by atoms with Gasteiger partial charge in [0.25, 0.3) is 0 Å². The smallest absolute Gasteiger partial charge is 0.244 e. The second-order valence-corrected chi connectivity index (χ2v) is 4.72. The van der Waals surface area contributed by atoms with Crippen LogP contribution in [-0.2, 0) is 4.79 Å². The van der Waals surface area contributed by atoms with Crippen molar-refractivity contribution in [2.45, 2.75) is 6.04 Å². The van der Waals surface area contributed by atoms with Crippen molar-refractivity contribution in [2.24, 2.45) is 5.73 Å². The lowest BCUT2D eigenvalue weighted by molar-refractivity contribution is -0.118. The van der Waals surface area contributed by atoms with Crippen LogP contribution in [0.2, 0.25) is 0 Å². The highest BCUT2D eigenvalue weighted by atomic mass is 79.9. The van der Waals surface area contributed by atoms with Gasteiger partial charge in [-0.25, -0.2) is 0 Å². The largest absolute Gasteiger partial charge is 0.369 e. The van der Waals surface area contributed by atoms with E-state index in [2.05, 4.69) is 21.2 Å². The van der Waals surface area contributed by atoms with Gasteiger partial charge >= 0.3 is 0 Å². The highest BCUT2D eigenvalue weighted by molar-refractivity contribution is 9.10. The monoisotopic (exact) mass is 304 g/mol. The minimum absolute atomic E-state index is 0.406. The maximum absolute atomic E-state index is 11.6. The number of benzene rings is 2. The number of primary amides is 1. The number of carbonyl (C=O) groups excluding carboxylic acids is 1. The van der Waals surface area contributed by atoms with Gasteiger partial charge in [-0.3, -0.25) is 4.79 Å². The lowest BCUT2D eigenvalue weighted by Gasteiger charge is -2.18. The Bertz CT molecular complexity index is 543. The first kappa shape index (κ1) is 12.6. The summed E-state index contributed by atoms with van der Waals surface area (Å²) in [5.74, 6) is -0.406. The fourth-order valence-electron chi connectivity index (χ4n) is 1.70.